The molecule has 0 fully saturated rings. The zero-order chi connectivity index (χ0) is 18.8. The van der Waals surface area contributed by atoms with Crippen molar-refractivity contribution in [2.75, 3.05) is 6.61 Å². The molecule has 1 heterocycles. The van der Waals surface area contributed by atoms with E-state index in [2.05, 4.69) is 48.1 Å². The molecule has 0 saturated heterocycles. The molecule has 27 heavy (non-hydrogen) atoms. The molecule has 0 bridgehead atoms. The Kier molecular flexibility index (Phi) is 4.55. The molecule has 0 aliphatic rings. The number of ether oxygens (including phenoxy) is 1. The van der Waals surface area contributed by atoms with Gasteiger partial charge >= 0.3 is 0 Å². The average molecular weight is 358 g/mol. The lowest BCUT2D eigenvalue weighted by molar-refractivity contribution is -0.123. The van der Waals surface area contributed by atoms with Crippen molar-refractivity contribution in [2.45, 2.75) is 13.5 Å². The van der Waals surface area contributed by atoms with Gasteiger partial charge in [-0.3, -0.25) is 4.79 Å². The molecule has 0 aliphatic heterocycles. The van der Waals surface area contributed by atoms with Crippen LogP contribution in [0.5, 0.6) is 5.75 Å². The number of hydrogen-bond acceptors (Lipinski definition) is 2. The van der Waals surface area contributed by atoms with E-state index in [0.717, 1.165) is 16.3 Å². The fourth-order valence-electron chi connectivity index (χ4n) is 3.30. The average Bonchev–Trinajstić information content (AvgIpc) is 2.98. The number of nitrogens with zero attached hydrogens (tertiary/aromatic N) is 1. The molecular weight excluding hydrogens is 336 g/mol. The lowest BCUT2D eigenvalue weighted by Gasteiger charge is -2.09. The van der Waals surface area contributed by atoms with Gasteiger partial charge in [0.25, 0.3) is 5.91 Å². The molecule has 1 amide bonds. The number of carbonyl (C=O) groups excluding carboxylic acids is 1. The molecule has 0 atom stereocenters. The fourth-order valence-corrected chi connectivity index (χ4v) is 3.30. The number of aryl methyl sites for hydroxylation is 2. The van der Waals surface area contributed by atoms with Crippen molar-refractivity contribution in [3.8, 4) is 5.75 Å². The Bertz CT molecular complexity index is 1130. The smallest absolute Gasteiger partial charge is 0.258 e. The molecule has 136 valence electrons. The first-order valence-electron chi connectivity index (χ1n) is 9.03. The first kappa shape index (κ1) is 17.2. The third kappa shape index (κ3) is 3.65. The summed E-state index contributed by atoms with van der Waals surface area (Å²) >= 11 is 0. The molecule has 1 aromatic heterocycles. The second-order valence-corrected chi connectivity index (χ2v) is 6.81. The van der Waals surface area contributed by atoms with Crippen LogP contribution in [0.3, 0.4) is 0 Å². The quantitative estimate of drug-likeness (QED) is 0.577. The fraction of sp³-hybridized carbons (Fsp3) is 0.174. The zero-order valence-electron chi connectivity index (χ0n) is 15.5. The standard InChI is InChI=1S/C23H22N2O2/c1-16-11-20-12-17(7-10-22(20)25(16)2)14-24-23(26)15-27-21-9-8-18-5-3-4-6-19(18)13-21/h3-13H,14-15H2,1-2H3,(H,24,26). The molecule has 1 N–H and O–H groups in total. The number of hydrogen-bond donors (Lipinski definition) is 1. The van der Waals surface area contributed by atoms with Gasteiger partial charge < -0.3 is 14.6 Å². The summed E-state index contributed by atoms with van der Waals surface area (Å²) < 4.78 is 7.80. The summed E-state index contributed by atoms with van der Waals surface area (Å²) in [7, 11) is 2.06. The molecule has 4 nitrogen and oxygen atoms in total. The summed E-state index contributed by atoms with van der Waals surface area (Å²) in [6, 6.07) is 22.3. The van der Waals surface area contributed by atoms with Crippen molar-refractivity contribution in [3.05, 3.63) is 78.0 Å². The van der Waals surface area contributed by atoms with Gasteiger partial charge in [-0.1, -0.05) is 36.4 Å². The SMILES string of the molecule is Cc1cc2cc(CNC(=O)COc3ccc4ccccc4c3)ccc2n1C. The van der Waals surface area contributed by atoms with Gasteiger partial charge in [-0.15, -0.1) is 0 Å². The van der Waals surface area contributed by atoms with E-state index in [1.165, 1.54) is 16.6 Å². The lowest BCUT2D eigenvalue weighted by Crippen LogP contribution is -2.28. The van der Waals surface area contributed by atoms with Gasteiger partial charge in [0, 0.05) is 30.2 Å². The van der Waals surface area contributed by atoms with Gasteiger partial charge in [0.15, 0.2) is 6.61 Å². The second kappa shape index (κ2) is 7.16. The minimum Gasteiger partial charge on any atom is -0.484 e. The van der Waals surface area contributed by atoms with Crippen molar-refractivity contribution in [1.82, 2.24) is 9.88 Å². The molecular formula is C23H22N2O2. The van der Waals surface area contributed by atoms with Gasteiger partial charge in [0.1, 0.15) is 5.75 Å². The summed E-state index contributed by atoms with van der Waals surface area (Å²) in [6.07, 6.45) is 0. The summed E-state index contributed by atoms with van der Waals surface area (Å²) in [4.78, 5) is 12.1. The molecule has 0 saturated carbocycles. The van der Waals surface area contributed by atoms with E-state index in [1.54, 1.807) is 0 Å². The Balaban J connectivity index is 1.35. The van der Waals surface area contributed by atoms with Gasteiger partial charge in [-0.25, -0.2) is 0 Å². The summed E-state index contributed by atoms with van der Waals surface area (Å²) in [5, 5.41) is 6.36. The van der Waals surface area contributed by atoms with Crippen molar-refractivity contribution in [1.29, 1.82) is 0 Å². The Morgan fingerprint density at radius 1 is 0.963 bits per heavy atom. The van der Waals surface area contributed by atoms with Crippen LogP contribution in [0.2, 0.25) is 0 Å². The largest absolute Gasteiger partial charge is 0.484 e. The van der Waals surface area contributed by atoms with E-state index in [0.29, 0.717) is 12.3 Å². The Morgan fingerprint density at radius 2 is 1.78 bits per heavy atom. The predicted molar refractivity (Wildman–Crippen MR) is 109 cm³/mol. The number of carbonyl (C=O) groups is 1. The highest BCUT2D eigenvalue weighted by molar-refractivity contribution is 5.84. The third-order valence-electron chi connectivity index (χ3n) is 4.93. The molecule has 0 spiro atoms. The molecule has 0 radical (unpaired) electrons. The molecule has 3 aromatic carbocycles. The maximum Gasteiger partial charge on any atom is 0.258 e. The minimum atomic E-state index is -0.132. The number of aromatic nitrogens is 1. The van der Waals surface area contributed by atoms with E-state index < -0.39 is 0 Å². The van der Waals surface area contributed by atoms with Crippen LogP contribution in [-0.2, 0) is 18.4 Å². The van der Waals surface area contributed by atoms with E-state index in [4.69, 9.17) is 4.74 Å². The van der Waals surface area contributed by atoms with Crippen molar-refractivity contribution in [2.24, 2.45) is 7.05 Å². The summed E-state index contributed by atoms with van der Waals surface area (Å²) in [5.74, 6) is 0.567. The van der Waals surface area contributed by atoms with Crippen molar-refractivity contribution in [3.63, 3.8) is 0 Å². The van der Waals surface area contributed by atoms with Crippen molar-refractivity contribution >= 4 is 27.6 Å². The monoisotopic (exact) mass is 358 g/mol. The third-order valence-corrected chi connectivity index (χ3v) is 4.93. The van der Waals surface area contributed by atoms with Crippen LogP contribution >= 0.6 is 0 Å². The lowest BCUT2D eigenvalue weighted by atomic mass is 10.1. The summed E-state index contributed by atoms with van der Waals surface area (Å²) in [6.45, 7) is 2.58. The van der Waals surface area contributed by atoms with Crippen LogP contribution in [0.25, 0.3) is 21.7 Å². The maximum atomic E-state index is 12.1. The Hall–Kier alpha value is -3.27. The first-order valence-corrected chi connectivity index (χ1v) is 9.03. The number of benzene rings is 3. The molecule has 0 aliphatic carbocycles. The highest BCUT2D eigenvalue weighted by Crippen LogP contribution is 2.21. The van der Waals surface area contributed by atoms with Crippen LogP contribution in [0.4, 0.5) is 0 Å². The second-order valence-electron chi connectivity index (χ2n) is 6.81. The van der Waals surface area contributed by atoms with Crippen LogP contribution in [0, 0.1) is 6.92 Å². The number of fused-ring (bicyclic) bond motifs is 2. The van der Waals surface area contributed by atoms with Crippen molar-refractivity contribution < 1.29 is 9.53 Å². The molecule has 0 unspecified atom stereocenters. The Labute approximate surface area is 158 Å². The van der Waals surface area contributed by atoms with Gasteiger partial charge in [-0.2, -0.15) is 0 Å². The minimum absolute atomic E-state index is 0.00499. The van der Waals surface area contributed by atoms with E-state index in [1.807, 2.05) is 42.5 Å². The van der Waals surface area contributed by atoms with Gasteiger partial charge in [0.2, 0.25) is 0 Å². The number of amides is 1. The molecule has 4 rings (SSSR count). The molecule has 4 heteroatoms. The van der Waals surface area contributed by atoms with Crippen LogP contribution in [0.15, 0.2) is 66.7 Å². The van der Waals surface area contributed by atoms with Gasteiger partial charge in [-0.05, 0) is 53.6 Å². The van der Waals surface area contributed by atoms with E-state index in [-0.39, 0.29) is 12.5 Å². The summed E-state index contributed by atoms with van der Waals surface area (Å²) in [5.41, 5.74) is 3.49. The predicted octanol–water partition coefficient (Wildman–Crippen LogP) is 4.34. The Morgan fingerprint density at radius 3 is 2.63 bits per heavy atom. The van der Waals surface area contributed by atoms with E-state index in [9.17, 15) is 4.79 Å². The number of rotatable bonds is 5. The first-order chi connectivity index (χ1) is 13.1. The van der Waals surface area contributed by atoms with Crippen LogP contribution < -0.4 is 10.1 Å². The van der Waals surface area contributed by atoms with Crippen LogP contribution in [0.1, 0.15) is 11.3 Å². The van der Waals surface area contributed by atoms with E-state index >= 15 is 0 Å². The van der Waals surface area contributed by atoms with Crippen LogP contribution in [-0.4, -0.2) is 17.1 Å². The normalized spacial score (nSPS) is 11.0. The highest BCUT2D eigenvalue weighted by atomic mass is 16.5. The maximum absolute atomic E-state index is 12.1. The number of nitrogens with one attached hydrogen (secondary N) is 1. The zero-order valence-corrected chi connectivity index (χ0v) is 15.5. The highest BCUT2D eigenvalue weighted by Gasteiger charge is 2.06. The topological polar surface area (TPSA) is 43.3 Å². The van der Waals surface area contributed by atoms with Gasteiger partial charge in [0.05, 0.1) is 0 Å². The molecule has 4 aromatic rings.